The van der Waals surface area contributed by atoms with Crippen LogP contribution in [0.25, 0.3) is 11.0 Å². The van der Waals surface area contributed by atoms with Gasteiger partial charge >= 0.3 is 0 Å². The van der Waals surface area contributed by atoms with Crippen LogP contribution in [0.15, 0.2) is 24.3 Å². The largest absolute Gasteiger partial charge is 0.334 e. The molecular formula is C8H5N2OS. The normalized spacial score (nSPS) is 10.3. The van der Waals surface area contributed by atoms with Crippen molar-refractivity contribution < 1.29 is 4.79 Å². The van der Waals surface area contributed by atoms with Crippen LogP contribution in [-0.2, 0) is 0 Å². The van der Waals surface area contributed by atoms with Crippen molar-refractivity contribution in [2.24, 2.45) is 0 Å². The van der Waals surface area contributed by atoms with Crippen molar-refractivity contribution in [2.75, 3.05) is 0 Å². The molecule has 1 aromatic heterocycles. The first kappa shape index (κ1) is 7.24. The monoisotopic (exact) mass is 177 g/mol. The second-order valence-electron chi connectivity index (χ2n) is 2.39. The minimum atomic E-state index is -0.453. The van der Waals surface area contributed by atoms with Gasteiger partial charge in [-0.1, -0.05) is 12.1 Å². The topological polar surface area (TPSA) is 45.8 Å². The fourth-order valence-electron chi connectivity index (χ4n) is 1.05. The van der Waals surface area contributed by atoms with Crippen molar-refractivity contribution in [1.82, 2.24) is 9.97 Å². The molecule has 1 N–H and O–H groups in total. The fourth-order valence-corrected chi connectivity index (χ4v) is 1.15. The molecule has 1 aromatic carbocycles. The summed E-state index contributed by atoms with van der Waals surface area (Å²) in [7, 11) is 0. The summed E-state index contributed by atoms with van der Waals surface area (Å²) in [5, 5.41) is -0.453. The van der Waals surface area contributed by atoms with Crippen molar-refractivity contribution in [3.8, 4) is 0 Å². The van der Waals surface area contributed by atoms with Gasteiger partial charge < -0.3 is 4.98 Å². The highest BCUT2D eigenvalue weighted by Crippen LogP contribution is 2.10. The number of imidazole rings is 1. The zero-order chi connectivity index (χ0) is 8.55. The van der Waals surface area contributed by atoms with E-state index >= 15 is 0 Å². The van der Waals surface area contributed by atoms with Gasteiger partial charge in [-0.25, -0.2) is 4.98 Å². The molecule has 0 unspecified atom stereocenters. The third kappa shape index (κ3) is 1.06. The number of carbonyl (C=O) groups excluding carboxylic acids is 1. The van der Waals surface area contributed by atoms with Crippen LogP contribution in [0.4, 0.5) is 0 Å². The van der Waals surface area contributed by atoms with E-state index in [2.05, 4.69) is 22.6 Å². The van der Waals surface area contributed by atoms with Gasteiger partial charge in [0.2, 0.25) is 0 Å². The van der Waals surface area contributed by atoms with E-state index in [0.717, 1.165) is 11.0 Å². The molecule has 2 rings (SSSR count). The lowest BCUT2D eigenvalue weighted by Gasteiger charge is -1.81. The Labute approximate surface area is 74.2 Å². The van der Waals surface area contributed by atoms with Crippen LogP contribution in [0.1, 0.15) is 10.6 Å². The van der Waals surface area contributed by atoms with Gasteiger partial charge in [-0.2, -0.15) is 0 Å². The van der Waals surface area contributed by atoms with Gasteiger partial charge in [-0.15, -0.1) is 0 Å². The Morgan fingerprint density at radius 2 is 2.17 bits per heavy atom. The maximum absolute atomic E-state index is 10.7. The molecule has 0 aliphatic carbocycles. The average Bonchev–Trinajstić information content (AvgIpc) is 2.46. The summed E-state index contributed by atoms with van der Waals surface area (Å²) in [6, 6.07) is 7.41. The highest BCUT2D eigenvalue weighted by atomic mass is 32.1. The van der Waals surface area contributed by atoms with Crippen LogP contribution < -0.4 is 0 Å². The second-order valence-corrected chi connectivity index (χ2v) is 2.76. The third-order valence-corrected chi connectivity index (χ3v) is 1.78. The number of benzene rings is 1. The molecule has 0 aliphatic rings. The lowest BCUT2D eigenvalue weighted by molar-refractivity contribution is 0.108. The molecule has 3 nitrogen and oxygen atoms in total. The van der Waals surface area contributed by atoms with Crippen LogP contribution >= 0.6 is 12.6 Å². The lowest BCUT2D eigenvalue weighted by Crippen LogP contribution is -1.90. The summed E-state index contributed by atoms with van der Waals surface area (Å²) >= 11 is 4.45. The maximum Gasteiger partial charge on any atom is 0.284 e. The fraction of sp³-hybridized carbons (Fsp3) is 0. The molecule has 0 bridgehead atoms. The molecule has 0 saturated heterocycles. The van der Waals surface area contributed by atoms with E-state index in [0.29, 0.717) is 0 Å². The number of H-pyrrole nitrogens is 1. The van der Waals surface area contributed by atoms with Gasteiger partial charge in [-0.05, 0) is 24.8 Å². The standard InChI is InChI=1S/C8H5N2OS/c11-8(12)7-9-5-3-1-2-4-6(5)10-7/h1-4H,(H,9,10). The SMILES string of the molecule is O=C([S])c1nc2ccccc2[nH]1. The number of fused-ring (bicyclic) bond motifs is 1. The summed E-state index contributed by atoms with van der Waals surface area (Å²) in [5.41, 5.74) is 1.61. The maximum atomic E-state index is 10.7. The van der Waals surface area contributed by atoms with E-state index in [9.17, 15) is 4.79 Å². The minimum Gasteiger partial charge on any atom is -0.334 e. The summed E-state index contributed by atoms with van der Waals surface area (Å²) < 4.78 is 0. The van der Waals surface area contributed by atoms with Crippen molar-refractivity contribution >= 4 is 28.8 Å². The molecule has 0 spiro atoms. The Bertz CT molecular complexity index is 402. The number of para-hydroxylation sites is 2. The Morgan fingerprint density at radius 3 is 2.83 bits per heavy atom. The first-order valence-electron chi connectivity index (χ1n) is 3.43. The molecule has 2 aromatic rings. The smallest absolute Gasteiger partial charge is 0.284 e. The Balaban J connectivity index is 2.70. The molecule has 1 heterocycles. The highest BCUT2D eigenvalue weighted by Gasteiger charge is 2.06. The molecule has 0 atom stereocenters. The molecule has 1 radical (unpaired) electrons. The van der Waals surface area contributed by atoms with Crippen LogP contribution in [0.2, 0.25) is 0 Å². The molecule has 4 heteroatoms. The second kappa shape index (κ2) is 2.57. The third-order valence-electron chi connectivity index (χ3n) is 1.58. The highest BCUT2D eigenvalue weighted by molar-refractivity contribution is 7.97. The molecule has 12 heavy (non-hydrogen) atoms. The van der Waals surface area contributed by atoms with Crippen molar-refractivity contribution in [3.05, 3.63) is 30.1 Å². The Kier molecular flexibility index (Phi) is 1.55. The number of hydrogen-bond donors (Lipinski definition) is 1. The number of rotatable bonds is 1. The van der Waals surface area contributed by atoms with Crippen LogP contribution in [0.3, 0.4) is 0 Å². The molecule has 0 amide bonds. The van der Waals surface area contributed by atoms with E-state index in [-0.39, 0.29) is 5.82 Å². The quantitative estimate of drug-likeness (QED) is 0.723. The first-order chi connectivity index (χ1) is 5.77. The molecule has 0 aliphatic heterocycles. The molecular weight excluding hydrogens is 172 g/mol. The lowest BCUT2D eigenvalue weighted by atomic mass is 10.3. The Hall–Kier alpha value is -1.42. The van der Waals surface area contributed by atoms with E-state index in [4.69, 9.17) is 0 Å². The van der Waals surface area contributed by atoms with Gasteiger partial charge in [0.05, 0.1) is 11.0 Å². The Morgan fingerprint density at radius 1 is 1.42 bits per heavy atom. The summed E-state index contributed by atoms with van der Waals surface area (Å²) in [6.45, 7) is 0. The van der Waals surface area contributed by atoms with Gasteiger partial charge in [0, 0.05) is 0 Å². The van der Waals surface area contributed by atoms with Crippen LogP contribution in [-0.4, -0.2) is 15.1 Å². The molecule has 59 valence electrons. The summed E-state index contributed by atoms with van der Waals surface area (Å²) in [4.78, 5) is 17.6. The van der Waals surface area contributed by atoms with Gasteiger partial charge in [0.15, 0.2) is 5.82 Å². The zero-order valence-electron chi connectivity index (χ0n) is 6.07. The van der Waals surface area contributed by atoms with E-state index < -0.39 is 5.12 Å². The number of aromatic amines is 1. The van der Waals surface area contributed by atoms with E-state index in [1.54, 1.807) is 0 Å². The number of nitrogens with zero attached hydrogens (tertiary/aromatic N) is 1. The number of nitrogens with one attached hydrogen (secondary N) is 1. The van der Waals surface area contributed by atoms with Gasteiger partial charge in [0.25, 0.3) is 5.12 Å². The van der Waals surface area contributed by atoms with Gasteiger partial charge in [-0.3, -0.25) is 4.79 Å². The average molecular weight is 177 g/mol. The molecule has 0 saturated carbocycles. The summed E-state index contributed by atoms with van der Waals surface area (Å²) in [6.07, 6.45) is 0. The van der Waals surface area contributed by atoms with E-state index in [1.807, 2.05) is 24.3 Å². The number of aromatic nitrogens is 2. The van der Waals surface area contributed by atoms with Crippen LogP contribution in [0, 0.1) is 0 Å². The van der Waals surface area contributed by atoms with Crippen LogP contribution in [0.5, 0.6) is 0 Å². The molecule has 0 fully saturated rings. The number of carbonyl (C=O) groups is 1. The van der Waals surface area contributed by atoms with Crippen molar-refractivity contribution in [3.63, 3.8) is 0 Å². The first-order valence-corrected chi connectivity index (χ1v) is 3.84. The zero-order valence-corrected chi connectivity index (χ0v) is 6.89. The van der Waals surface area contributed by atoms with Crippen molar-refractivity contribution in [2.45, 2.75) is 0 Å². The van der Waals surface area contributed by atoms with E-state index in [1.165, 1.54) is 0 Å². The summed E-state index contributed by atoms with van der Waals surface area (Å²) in [5.74, 6) is 0.242. The van der Waals surface area contributed by atoms with Crippen molar-refractivity contribution in [1.29, 1.82) is 0 Å². The minimum absolute atomic E-state index is 0.242. The predicted molar refractivity (Wildman–Crippen MR) is 48.0 cm³/mol. The number of hydrogen-bond acceptors (Lipinski definition) is 2. The van der Waals surface area contributed by atoms with Gasteiger partial charge in [0.1, 0.15) is 0 Å². The predicted octanol–water partition coefficient (Wildman–Crippen LogP) is 1.90.